The Morgan fingerprint density at radius 3 is 2.12 bits per heavy atom. The summed E-state index contributed by atoms with van der Waals surface area (Å²) in [5, 5.41) is 0. The highest BCUT2D eigenvalue weighted by Crippen LogP contribution is 2.62. The van der Waals surface area contributed by atoms with Crippen molar-refractivity contribution in [3.63, 3.8) is 0 Å². The Kier molecular flexibility index (Phi) is 5.96. The molecule has 0 aliphatic heterocycles. The molecule has 182 valence electrons. The minimum absolute atomic E-state index is 0.0498. The van der Waals surface area contributed by atoms with Gasteiger partial charge in [0.1, 0.15) is 5.75 Å². The molecule has 8 heteroatoms. The molecule has 0 N–H and O–H groups in total. The third kappa shape index (κ3) is 4.73. The first-order valence-electron chi connectivity index (χ1n) is 11.6. The number of rotatable bonds is 7. The molecule has 4 aliphatic carbocycles. The number of carbonyl (C=O) groups excluding carboxylic acids is 1. The van der Waals surface area contributed by atoms with Crippen LogP contribution < -0.4 is 14.2 Å². The van der Waals surface area contributed by atoms with Crippen LogP contribution in [0.5, 0.6) is 17.2 Å². The fourth-order valence-corrected chi connectivity index (χ4v) is 6.60. The average molecular weight is 476 g/mol. The minimum atomic E-state index is -4.91. The van der Waals surface area contributed by atoms with Crippen molar-refractivity contribution >= 4 is 5.97 Å². The topological polar surface area (TPSA) is 54.0 Å². The van der Waals surface area contributed by atoms with Crippen LogP contribution >= 0.6 is 0 Å². The van der Waals surface area contributed by atoms with Crippen molar-refractivity contribution in [2.75, 3.05) is 7.11 Å². The first kappa shape index (κ1) is 23.0. The standard InChI is InChI=1S/C26H27F3O5/c1-31-24(25-13-16-9-17(14-25)11-18(10-16)15-25)33-22-12-19(7-8-21(22)34-26(27,28)29)23(30)32-20-5-3-2-4-6-20/h2-8,12,16-18,24H,9-11,13-15H2,1H3. The maximum absolute atomic E-state index is 13.1. The molecule has 0 amide bonds. The largest absolute Gasteiger partial charge is 0.573 e. The number of hydrogen-bond acceptors (Lipinski definition) is 5. The van der Waals surface area contributed by atoms with E-state index in [9.17, 15) is 18.0 Å². The van der Waals surface area contributed by atoms with Gasteiger partial charge in [0.05, 0.1) is 5.56 Å². The van der Waals surface area contributed by atoms with Crippen LogP contribution in [0.3, 0.4) is 0 Å². The Hall–Kier alpha value is -2.74. The van der Waals surface area contributed by atoms with Crippen LogP contribution in [0.15, 0.2) is 48.5 Å². The summed E-state index contributed by atoms with van der Waals surface area (Å²) in [6.07, 6.45) is 0.773. The Bertz CT molecular complexity index is 1000. The van der Waals surface area contributed by atoms with E-state index in [2.05, 4.69) is 4.74 Å². The van der Waals surface area contributed by atoms with Gasteiger partial charge in [-0.25, -0.2) is 4.79 Å². The van der Waals surface area contributed by atoms with E-state index >= 15 is 0 Å². The predicted octanol–water partition coefficient (Wildman–Crippen LogP) is 6.37. The van der Waals surface area contributed by atoms with Gasteiger partial charge in [-0.3, -0.25) is 0 Å². The second-order valence-corrected chi connectivity index (χ2v) is 9.88. The molecule has 2 aromatic rings. The highest BCUT2D eigenvalue weighted by atomic mass is 19.4. The lowest BCUT2D eigenvalue weighted by molar-refractivity contribution is -0.276. The van der Waals surface area contributed by atoms with E-state index in [0.717, 1.165) is 25.3 Å². The van der Waals surface area contributed by atoms with Gasteiger partial charge in [-0.15, -0.1) is 13.2 Å². The highest BCUT2D eigenvalue weighted by molar-refractivity contribution is 5.91. The zero-order valence-corrected chi connectivity index (χ0v) is 18.8. The van der Waals surface area contributed by atoms with Crippen molar-refractivity contribution < 1.29 is 36.9 Å². The van der Waals surface area contributed by atoms with Crippen LogP contribution in [0.1, 0.15) is 48.9 Å². The van der Waals surface area contributed by atoms with Crippen LogP contribution in [0, 0.1) is 23.2 Å². The Balaban J connectivity index is 1.43. The molecule has 2 aromatic carbocycles. The van der Waals surface area contributed by atoms with E-state index in [4.69, 9.17) is 14.2 Å². The average Bonchev–Trinajstić information content (AvgIpc) is 2.77. The maximum Gasteiger partial charge on any atom is 0.573 e. The molecule has 34 heavy (non-hydrogen) atoms. The van der Waals surface area contributed by atoms with E-state index in [1.165, 1.54) is 38.5 Å². The molecule has 4 bridgehead atoms. The first-order chi connectivity index (χ1) is 16.2. The number of carbonyl (C=O) groups is 1. The van der Waals surface area contributed by atoms with Gasteiger partial charge < -0.3 is 18.9 Å². The summed E-state index contributed by atoms with van der Waals surface area (Å²) in [5.41, 5.74) is -0.201. The molecule has 4 aliphatic rings. The van der Waals surface area contributed by atoms with Gasteiger partial charge in [0.25, 0.3) is 0 Å². The fraction of sp³-hybridized carbons (Fsp3) is 0.500. The van der Waals surface area contributed by atoms with E-state index in [0.29, 0.717) is 23.5 Å². The number of methoxy groups -OCH3 is 1. The van der Waals surface area contributed by atoms with Crippen LogP contribution in [0.4, 0.5) is 13.2 Å². The Morgan fingerprint density at radius 1 is 0.941 bits per heavy atom. The number of benzene rings is 2. The van der Waals surface area contributed by atoms with Crippen LogP contribution in [0.2, 0.25) is 0 Å². The van der Waals surface area contributed by atoms with Crippen LogP contribution in [-0.4, -0.2) is 25.7 Å². The molecule has 4 fully saturated rings. The van der Waals surface area contributed by atoms with E-state index in [1.807, 2.05) is 0 Å². The van der Waals surface area contributed by atoms with Crippen LogP contribution in [-0.2, 0) is 4.74 Å². The number of esters is 1. The molecule has 0 saturated heterocycles. The zero-order valence-electron chi connectivity index (χ0n) is 18.8. The lowest BCUT2D eigenvalue weighted by Gasteiger charge is -2.58. The molecule has 4 saturated carbocycles. The maximum atomic E-state index is 13.1. The number of hydrogen-bond donors (Lipinski definition) is 0. The Morgan fingerprint density at radius 2 is 1.56 bits per heavy atom. The summed E-state index contributed by atoms with van der Waals surface area (Å²) >= 11 is 0. The molecule has 6 rings (SSSR count). The summed E-state index contributed by atoms with van der Waals surface area (Å²) in [6.45, 7) is 0. The number of alkyl halides is 3. The first-order valence-corrected chi connectivity index (χ1v) is 11.6. The van der Waals surface area contributed by atoms with E-state index in [1.54, 1.807) is 30.3 Å². The van der Waals surface area contributed by atoms with Crippen molar-refractivity contribution in [3.05, 3.63) is 54.1 Å². The van der Waals surface area contributed by atoms with Gasteiger partial charge >= 0.3 is 12.3 Å². The number of halogens is 3. The normalized spacial score (nSPS) is 28.4. The molecule has 1 unspecified atom stereocenters. The van der Waals surface area contributed by atoms with Gasteiger partial charge in [-0.05, 0) is 86.6 Å². The molecule has 5 nitrogen and oxygen atoms in total. The number of para-hydroxylation sites is 1. The molecule has 0 spiro atoms. The van der Waals surface area contributed by atoms with Gasteiger partial charge in [0.2, 0.25) is 6.29 Å². The van der Waals surface area contributed by atoms with Gasteiger partial charge in [0, 0.05) is 12.5 Å². The smallest absolute Gasteiger partial charge is 0.460 e. The van der Waals surface area contributed by atoms with Crippen molar-refractivity contribution in [1.29, 1.82) is 0 Å². The van der Waals surface area contributed by atoms with Crippen LogP contribution in [0.25, 0.3) is 0 Å². The van der Waals surface area contributed by atoms with E-state index in [-0.39, 0.29) is 16.7 Å². The van der Waals surface area contributed by atoms with Gasteiger partial charge in [-0.2, -0.15) is 0 Å². The summed E-state index contributed by atoms with van der Waals surface area (Å²) in [6, 6.07) is 12.0. The van der Waals surface area contributed by atoms with Crippen molar-refractivity contribution in [1.82, 2.24) is 0 Å². The quantitative estimate of drug-likeness (QED) is 0.264. The fourth-order valence-electron chi connectivity index (χ4n) is 6.60. The SMILES string of the molecule is COC(Oc1cc(C(=O)Oc2ccccc2)ccc1OC(F)(F)F)C12CC3CC(CC(C3)C1)C2. The predicted molar refractivity (Wildman–Crippen MR) is 117 cm³/mol. The third-order valence-corrected chi connectivity index (χ3v) is 7.39. The summed E-state index contributed by atoms with van der Waals surface area (Å²) in [5.74, 6) is 0.715. The summed E-state index contributed by atoms with van der Waals surface area (Å²) in [4.78, 5) is 12.7. The van der Waals surface area contributed by atoms with Crippen molar-refractivity contribution in [2.24, 2.45) is 23.2 Å². The van der Waals surface area contributed by atoms with Gasteiger partial charge in [-0.1, -0.05) is 18.2 Å². The van der Waals surface area contributed by atoms with Crippen molar-refractivity contribution in [2.45, 2.75) is 51.2 Å². The highest BCUT2D eigenvalue weighted by Gasteiger charge is 2.56. The molecule has 0 radical (unpaired) electrons. The second-order valence-electron chi connectivity index (χ2n) is 9.88. The molecular formula is C26H27F3O5. The van der Waals surface area contributed by atoms with Gasteiger partial charge in [0.15, 0.2) is 11.5 Å². The van der Waals surface area contributed by atoms with E-state index < -0.39 is 24.4 Å². The minimum Gasteiger partial charge on any atom is -0.460 e. The molecule has 0 heterocycles. The molecule has 1 atom stereocenters. The molecular weight excluding hydrogens is 449 g/mol. The summed E-state index contributed by atoms with van der Waals surface area (Å²) < 4.78 is 60.7. The zero-order chi connectivity index (χ0) is 23.9. The lowest BCUT2D eigenvalue weighted by Crippen LogP contribution is -2.54. The monoisotopic (exact) mass is 476 g/mol. The Labute approximate surface area is 196 Å². The number of ether oxygens (including phenoxy) is 4. The third-order valence-electron chi connectivity index (χ3n) is 7.39. The lowest BCUT2D eigenvalue weighted by atomic mass is 9.49. The summed E-state index contributed by atoms with van der Waals surface area (Å²) in [7, 11) is 1.51. The van der Waals surface area contributed by atoms with Crippen molar-refractivity contribution in [3.8, 4) is 17.2 Å². The second kappa shape index (κ2) is 8.80. The molecule has 0 aromatic heterocycles.